The molecule has 5 heteroatoms. The van der Waals surface area contributed by atoms with E-state index in [9.17, 15) is 0 Å². The van der Waals surface area contributed by atoms with Crippen LogP contribution in [0, 0.1) is 6.92 Å². The Kier molecular flexibility index (Phi) is 5.30. The summed E-state index contributed by atoms with van der Waals surface area (Å²) in [6, 6.07) is 11.4. The van der Waals surface area contributed by atoms with Gasteiger partial charge in [0, 0.05) is 5.02 Å². The lowest BCUT2D eigenvalue weighted by atomic mass is 9.98. The molecular formula is C15H15Cl3N2. The second-order valence-corrected chi connectivity index (χ2v) is 5.91. The van der Waals surface area contributed by atoms with Gasteiger partial charge in [0.1, 0.15) is 0 Å². The van der Waals surface area contributed by atoms with Gasteiger partial charge in [0.15, 0.2) is 0 Å². The van der Waals surface area contributed by atoms with E-state index in [1.54, 1.807) is 6.07 Å². The summed E-state index contributed by atoms with van der Waals surface area (Å²) in [4.78, 5) is 0. The van der Waals surface area contributed by atoms with Crippen molar-refractivity contribution in [3.63, 3.8) is 0 Å². The standard InChI is InChI=1S/C15H15Cl3N2/c1-9-2-3-10(13(17)6-9)8-15(20-19)11-4-5-12(16)14(18)7-11/h2-7,15,20H,8,19H2,1H3. The molecule has 2 nitrogen and oxygen atoms in total. The molecule has 106 valence electrons. The number of benzene rings is 2. The van der Waals surface area contributed by atoms with Crippen LogP contribution in [0.3, 0.4) is 0 Å². The summed E-state index contributed by atoms with van der Waals surface area (Å²) < 4.78 is 0. The van der Waals surface area contributed by atoms with Crippen LogP contribution in [0.4, 0.5) is 0 Å². The van der Waals surface area contributed by atoms with Crippen LogP contribution in [-0.4, -0.2) is 0 Å². The van der Waals surface area contributed by atoms with Crippen molar-refractivity contribution in [2.75, 3.05) is 0 Å². The van der Waals surface area contributed by atoms with Gasteiger partial charge in [-0.3, -0.25) is 11.3 Å². The third kappa shape index (κ3) is 3.66. The Labute approximate surface area is 133 Å². The summed E-state index contributed by atoms with van der Waals surface area (Å²) in [6.45, 7) is 2.01. The predicted octanol–water partition coefficient (Wildman–Crippen LogP) is 4.70. The second-order valence-electron chi connectivity index (χ2n) is 4.69. The normalized spacial score (nSPS) is 12.4. The largest absolute Gasteiger partial charge is 0.271 e. The molecule has 0 aromatic heterocycles. The van der Waals surface area contributed by atoms with Gasteiger partial charge >= 0.3 is 0 Å². The number of aryl methyl sites for hydroxylation is 1. The minimum atomic E-state index is -0.0787. The lowest BCUT2D eigenvalue weighted by Crippen LogP contribution is -2.29. The van der Waals surface area contributed by atoms with Crippen molar-refractivity contribution >= 4 is 34.8 Å². The summed E-state index contributed by atoms with van der Waals surface area (Å²) in [7, 11) is 0. The van der Waals surface area contributed by atoms with Crippen molar-refractivity contribution in [2.24, 2.45) is 5.84 Å². The Bertz CT molecular complexity index is 614. The van der Waals surface area contributed by atoms with Gasteiger partial charge in [0.25, 0.3) is 0 Å². The zero-order chi connectivity index (χ0) is 14.7. The summed E-state index contributed by atoms with van der Waals surface area (Å²) in [5, 5.41) is 1.78. The van der Waals surface area contributed by atoms with Crippen molar-refractivity contribution < 1.29 is 0 Å². The van der Waals surface area contributed by atoms with E-state index in [2.05, 4.69) is 5.43 Å². The Morgan fingerprint density at radius 2 is 1.75 bits per heavy atom. The van der Waals surface area contributed by atoms with Crippen LogP contribution in [-0.2, 0) is 6.42 Å². The SMILES string of the molecule is Cc1ccc(CC(NN)c2ccc(Cl)c(Cl)c2)c(Cl)c1. The zero-order valence-electron chi connectivity index (χ0n) is 11.0. The fourth-order valence-corrected chi connectivity index (χ4v) is 2.66. The maximum Gasteiger partial charge on any atom is 0.0595 e. The number of hydrogen-bond donors (Lipinski definition) is 2. The van der Waals surface area contributed by atoms with E-state index in [-0.39, 0.29) is 6.04 Å². The van der Waals surface area contributed by atoms with Crippen molar-refractivity contribution in [3.8, 4) is 0 Å². The molecular weight excluding hydrogens is 315 g/mol. The molecule has 1 atom stereocenters. The van der Waals surface area contributed by atoms with Gasteiger partial charge in [0.05, 0.1) is 16.1 Å². The van der Waals surface area contributed by atoms with E-state index in [0.717, 1.165) is 21.7 Å². The average Bonchev–Trinajstić information content (AvgIpc) is 2.41. The first kappa shape index (κ1) is 15.6. The molecule has 0 saturated heterocycles. The Morgan fingerprint density at radius 3 is 2.35 bits per heavy atom. The monoisotopic (exact) mass is 328 g/mol. The third-order valence-electron chi connectivity index (χ3n) is 3.18. The molecule has 0 amide bonds. The van der Waals surface area contributed by atoms with E-state index in [4.69, 9.17) is 40.6 Å². The molecule has 3 N–H and O–H groups in total. The van der Waals surface area contributed by atoms with Crippen LogP contribution < -0.4 is 11.3 Å². The van der Waals surface area contributed by atoms with Crippen LogP contribution in [0.25, 0.3) is 0 Å². The molecule has 0 bridgehead atoms. The number of nitrogens with one attached hydrogen (secondary N) is 1. The molecule has 2 rings (SSSR count). The van der Waals surface area contributed by atoms with Gasteiger partial charge in [-0.2, -0.15) is 0 Å². The van der Waals surface area contributed by atoms with E-state index in [1.165, 1.54) is 0 Å². The van der Waals surface area contributed by atoms with Gasteiger partial charge in [-0.1, -0.05) is 53.0 Å². The first-order chi connectivity index (χ1) is 9.51. The van der Waals surface area contributed by atoms with E-state index >= 15 is 0 Å². The maximum atomic E-state index is 6.26. The molecule has 2 aromatic carbocycles. The van der Waals surface area contributed by atoms with Gasteiger partial charge in [-0.05, 0) is 48.2 Å². The quantitative estimate of drug-likeness (QED) is 0.630. The minimum Gasteiger partial charge on any atom is -0.271 e. The Hall–Kier alpha value is -0.770. The molecule has 0 aliphatic rings. The molecule has 0 radical (unpaired) electrons. The first-order valence-electron chi connectivity index (χ1n) is 6.17. The molecule has 0 saturated carbocycles. The minimum absolute atomic E-state index is 0.0787. The van der Waals surface area contributed by atoms with E-state index in [1.807, 2.05) is 37.3 Å². The van der Waals surface area contributed by atoms with Gasteiger partial charge in [-0.15, -0.1) is 0 Å². The molecule has 0 fully saturated rings. The summed E-state index contributed by atoms with van der Waals surface area (Å²) in [6.07, 6.45) is 0.674. The number of hydrazine groups is 1. The topological polar surface area (TPSA) is 38.0 Å². The van der Waals surface area contributed by atoms with Gasteiger partial charge in [0.2, 0.25) is 0 Å². The molecule has 0 aliphatic heterocycles. The zero-order valence-corrected chi connectivity index (χ0v) is 13.2. The number of nitrogens with two attached hydrogens (primary N) is 1. The van der Waals surface area contributed by atoms with Crippen LogP contribution >= 0.6 is 34.8 Å². The van der Waals surface area contributed by atoms with Crippen molar-refractivity contribution in [1.29, 1.82) is 0 Å². The van der Waals surface area contributed by atoms with Crippen LogP contribution in [0.5, 0.6) is 0 Å². The summed E-state index contributed by atoms with van der Waals surface area (Å²) in [5.41, 5.74) is 5.93. The third-order valence-corrected chi connectivity index (χ3v) is 4.27. The predicted molar refractivity (Wildman–Crippen MR) is 86.4 cm³/mol. The molecule has 2 aromatic rings. The highest BCUT2D eigenvalue weighted by Gasteiger charge is 2.14. The lowest BCUT2D eigenvalue weighted by Gasteiger charge is -2.18. The van der Waals surface area contributed by atoms with Crippen LogP contribution in [0.2, 0.25) is 15.1 Å². The van der Waals surface area contributed by atoms with Crippen molar-refractivity contribution in [3.05, 3.63) is 68.2 Å². The molecule has 0 heterocycles. The highest BCUT2D eigenvalue weighted by atomic mass is 35.5. The highest BCUT2D eigenvalue weighted by molar-refractivity contribution is 6.42. The fourth-order valence-electron chi connectivity index (χ4n) is 2.04. The molecule has 0 spiro atoms. The van der Waals surface area contributed by atoms with E-state index in [0.29, 0.717) is 16.5 Å². The van der Waals surface area contributed by atoms with Crippen LogP contribution in [0.1, 0.15) is 22.7 Å². The maximum absolute atomic E-state index is 6.26. The Balaban J connectivity index is 2.26. The summed E-state index contributed by atoms with van der Waals surface area (Å²) in [5.74, 6) is 5.65. The number of rotatable bonds is 4. The smallest absolute Gasteiger partial charge is 0.0595 e. The number of hydrogen-bond acceptors (Lipinski definition) is 2. The molecule has 1 unspecified atom stereocenters. The lowest BCUT2D eigenvalue weighted by molar-refractivity contribution is 0.552. The van der Waals surface area contributed by atoms with Gasteiger partial charge < -0.3 is 0 Å². The second kappa shape index (κ2) is 6.79. The van der Waals surface area contributed by atoms with Crippen LogP contribution in [0.15, 0.2) is 36.4 Å². The Morgan fingerprint density at radius 1 is 1.00 bits per heavy atom. The van der Waals surface area contributed by atoms with Crippen molar-refractivity contribution in [1.82, 2.24) is 5.43 Å². The fraction of sp³-hybridized carbons (Fsp3) is 0.200. The number of halogens is 3. The van der Waals surface area contributed by atoms with Crippen molar-refractivity contribution in [2.45, 2.75) is 19.4 Å². The molecule has 0 aliphatic carbocycles. The molecule has 20 heavy (non-hydrogen) atoms. The summed E-state index contributed by atoms with van der Waals surface area (Å²) >= 11 is 18.2. The first-order valence-corrected chi connectivity index (χ1v) is 7.30. The van der Waals surface area contributed by atoms with Gasteiger partial charge in [-0.25, -0.2) is 0 Å². The highest BCUT2D eigenvalue weighted by Crippen LogP contribution is 2.28. The van der Waals surface area contributed by atoms with E-state index < -0.39 is 0 Å². The average molecular weight is 330 g/mol.